The van der Waals surface area contributed by atoms with Gasteiger partial charge in [-0.25, -0.2) is 9.97 Å². The lowest BCUT2D eigenvalue weighted by molar-refractivity contribution is 0.660. The molecule has 0 amide bonds. The molecule has 0 spiro atoms. The number of hydrogen-bond acceptors (Lipinski definition) is 4. The zero-order valence-corrected chi connectivity index (χ0v) is 27.9. The Balaban J connectivity index is 1.09. The summed E-state index contributed by atoms with van der Waals surface area (Å²) in [4.78, 5) is 19.0. The number of nitrogens with zero attached hydrogens (tertiary/aromatic N) is 6. The van der Waals surface area contributed by atoms with Crippen LogP contribution in [0.15, 0.2) is 120 Å². The third kappa shape index (κ3) is 4.63. The number of pyridine rings is 1. The van der Waals surface area contributed by atoms with Crippen LogP contribution in [0, 0.1) is 0 Å². The molecular formula is C42H36N6. The molecule has 0 aliphatic heterocycles. The smallest absolute Gasteiger partial charge is 0.142 e. The van der Waals surface area contributed by atoms with Crippen molar-refractivity contribution >= 4 is 40.1 Å². The Labute approximate surface area is 280 Å². The second-order valence-corrected chi connectivity index (χ2v) is 13.1. The molecule has 4 aromatic carbocycles. The van der Waals surface area contributed by atoms with Crippen molar-refractivity contribution in [1.82, 2.24) is 24.1 Å². The highest BCUT2D eigenvalue weighted by molar-refractivity contribution is 5.86. The first kappa shape index (κ1) is 29.5. The Morgan fingerprint density at radius 2 is 1.38 bits per heavy atom. The molecule has 3 heterocycles. The van der Waals surface area contributed by atoms with Gasteiger partial charge in [0.2, 0.25) is 0 Å². The number of aryl methyl sites for hydroxylation is 2. The molecule has 6 nitrogen and oxygen atoms in total. The lowest BCUT2D eigenvalue weighted by Gasteiger charge is -2.22. The molecule has 1 aliphatic carbocycles. The minimum atomic E-state index is -0.200. The first-order chi connectivity index (χ1) is 23.2. The van der Waals surface area contributed by atoms with Crippen molar-refractivity contribution in [1.29, 1.82) is 0 Å². The van der Waals surface area contributed by atoms with Crippen LogP contribution in [-0.4, -0.2) is 30.8 Å². The normalized spacial score (nSPS) is 14.0. The van der Waals surface area contributed by atoms with Crippen LogP contribution in [0.4, 0.5) is 0 Å². The number of aliphatic imine (C=N–C) groups is 1. The maximum atomic E-state index is 4.89. The van der Waals surface area contributed by atoms with Crippen molar-refractivity contribution in [2.75, 3.05) is 0 Å². The van der Waals surface area contributed by atoms with Gasteiger partial charge >= 0.3 is 0 Å². The van der Waals surface area contributed by atoms with Crippen molar-refractivity contribution in [3.05, 3.63) is 138 Å². The molecule has 0 saturated heterocycles. The molecule has 7 aromatic rings. The fourth-order valence-corrected chi connectivity index (χ4v) is 7.17. The Hall–Kier alpha value is -5.88. The molecule has 0 saturated carbocycles. The van der Waals surface area contributed by atoms with E-state index in [0.29, 0.717) is 0 Å². The fraction of sp³-hybridized carbons (Fsp3) is 0.143. The number of para-hydroxylation sites is 4. The number of benzene rings is 4. The zero-order chi connectivity index (χ0) is 33.2. The number of hydrogen-bond donors (Lipinski definition) is 0. The maximum Gasteiger partial charge on any atom is 0.142 e. The lowest BCUT2D eigenvalue weighted by Crippen LogP contribution is -2.15. The number of fused-ring (bicyclic) bond motifs is 5. The second-order valence-electron chi connectivity index (χ2n) is 13.1. The summed E-state index contributed by atoms with van der Waals surface area (Å²) in [5, 5.41) is 0. The standard InChI is InChI=1S/C42H36N6/c1-26(40-45-36-11-7-9-13-38(36)47(40)5)15-21-34(43-4)27-16-19-30-31-20-17-28(24-33(31)42(2,3)32(30)23-27)35-22-18-29(25-44-35)41-46-37-12-8-10-14-39(37)48(41)6/h7-25H,4H2,1-3,5-6H3/b26-15+,34-21-. The number of allylic oxidation sites excluding steroid dienone is 3. The van der Waals surface area contributed by atoms with Gasteiger partial charge in [-0.3, -0.25) is 9.98 Å². The molecule has 0 atom stereocenters. The predicted molar refractivity (Wildman–Crippen MR) is 199 cm³/mol. The molecule has 6 heteroatoms. The molecule has 0 bridgehead atoms. The van der Waals surface area contributed by atoms with Crippen LogP contribution >= 0.6 is 0 Å². The van der Waals surface area contributed by atoms with Gasteiger partial charge in [0.1, 0.15) is 11.6 Å². The van der Waals surface area contributed by atoms with Crippen molar-refractivity contribution in [3.8, 4) is 33.8 Å². The molecule has 0 N–H and O–H groups in total. The van der Waals surface area contributed by atoms with E-state index in [2.05, 4.69) is 122 Å². The van der Waals surface area contributed by atoms with Gasteiger partial charge in [0, 0.05) is 42.4 Å². The average molecular weight is 625 g/mol. The fourth-order valence-electron chi connectivity index (χ4n) is 7.17. The van der Waals surface area contributed by atoms with Crippen LogP contribution < -0.4 is 0 Å². The predicted octanol–water partition coefficient (Wildman–Crippen LogP) is 9.64. The average Bonchev–Trinajstić information content (AvgIpc) is 3.71. The molecule has 234 valence electrons. The summed E-state index contributed by atoms with van der Waals surface area (Å²) in [7, 11) is 4.11. The largest absolute Gasteiger partial charge is 0.327 e. The summed E-state index contributed by atoms with van der Waals surface area (Å²) in [6, 6.07) is 34.0. The molecule has 3 aromatic heterocycles. The first-order valence-corrected chi connectivity index (χ1v) is 16.2. The monoisotopic (exact) mass is 624 g/mol. The van der Waals surface area contributed by atoms with E-state index < -0.39 is 0 Å². The van der Waals surface area contributed by atoms with E-state index in [4.69, 9.17) is 15.0 Å². The van der Waals surface area contributed by atoms with Crippen molar-refractivity contribution in [2.24, 2.45) is 19.1 Å². The molecule has 0 fully saturated rings. The van der Waals surface area contributed by atoms with Gasteiger partial charge in [-0.2, -0.15) is 0 Å². The highest BCUT2D eigenvalue weighted by Crippen LogP contribution is 2.50. The van der Waals surface area contributed by atoms with E-state index in [-0.39, 0.29) is 5.41 Å². The summed E-state index contributed by atoms with van der Waals surface area (Å²) in [6.45, 7) is 10.6. The Bertz CT molecular complexity index is 2470. The first-order valence-electron chi connectivity index (χ1n) is 16.2. The van der Waals surface area contributed by atoms with E-state index in [0.717, 1.165) is 67.4 Å². The van der Waals surface area contributed by atoms with Gasteiger partial charge in [-0.05, 0) is 96.1 Å². The van der Waals surface area contributed by atoms with Crippen LogP contribution in [0.3, 0.4) is 0 Å². The molecule has 8 rings (SSSR count). The SMILES string of the molecule is C=N/C(=C\C=C(/C)c1nc2ccccc2n1C)c1ccc2c(c1)C(C)(C)c1cc(-c3ccc(-c4nc5ccccc5n4C)cn3)ccc1-2. The minimum Gasteiger partial charge on any atom is -0.327 e. The summed E-state index contributed by atoms with van der Waals surface area (Å²) >= 11 is 0. The van der Waals surface area contributed by atoms with Crippen molar-refractivity contribution in [2.45, 2.75) is 26.2 Å². The number of aromatic nitrogens is 5. The van der Waals surface area contributed by atoms with Gasteiger partial charge in [-0.15, -0.1) is 0 Å². The number of rotatable bonds is 6. The van der Waals surface area contributed by atoms with Crippen LogP contribution in [-0.2, 0) is 19.5 Å². The van der Waals surface area contributed by atoms with Crippen molar-refractivity contribution < 1.29 is 0 Å². The van der Waals surface area contributed by atoms with Gasteiger partial charge in [0.05, 0.1) is 33.5 Å². The molecular weight excluding hydrogens is 589 g/mol. The Morgan fingerprint density at radius 3 is 2.04 bits per heavy atom. The quantitative estimate of drug-likeness (QED) is 0.137. The molecule has 0 unspecified atom stereocenters. The second kappa shape index (κ2) is 11.1. The highest BCUT2D eigenvalue weighted by atomic mass is 15.1. The third-order valence-corrected chi connectivity index (χ3v) is 9.88. The van der Waals surface area contributed by atoms with Crippen LogP contribution in [0.25, 0.3) is 67.1 Å². The van der Waals surface area contributed by atoms with Crippen LogP contribution in [0.5, 0.6) is 0 Å². The third-order valence-electron chi connectivity index (χ3n) is 9.88. The van der Waals surface area contributed by atoms with E-state index in [1.807, 2.05) is 48.7 Å². The molecule has 1 aliphatic rings. The van der Waals surface area contributed by atoms with E-state index in [1.165, 1.54) is 22.3 Å². The van der Waals surface area contributed by atoms with Gasteiger partial charge in [0.25, 0.3) is 0 Å². The summed E-state index contributed by atoms with van der Waals surface area (Å²) in [5.41, 5.74) is 15.1. The van der Waals surface area contributed by atoms with E-state index in [9.17, 15) is 0 Å². The van der Waals surface area contributed by atoms with Crippen molar-refractivity contribution in [3.63, 3.8) is 0 Å². The summed E-state index contributed by atoms with van der Waals surface area (Å²) in [5.74, 6) is 1.85. The zero-order valence-electron chi connectivity index (χ0n) is 27.9. The topological polar surface area (TPSA) is 60.9 Å². The summed E-state index contributed by atoms with van der Waals surface area (Å²) < 4.78 is 4.25. The van der Waals surface area contributed by atoms with Gasteiger partial charge < -0.3 is 9.13 Å². The highest BCUT2D eigenvalue weighted by Gasteiger charge is 2.36. The van der Waals surface area contributed by atoms with E-state index >= 15 is 0 Å². The molecule has 48 heavy (non-hydrogen) atoms. The Kier molecular flexibility index (Phi) is 6.84. The molecule has 0 radical (unpaired) electrons. The number of imidazole rings is 2. The van der Waals surface area contributed by atoms with Gasteiger partial charge in [0.15, 0.2) is 0 Å². The van der Waals surface area contributed by atoms with Crippen LogP contribution in [0.1, 0.15) is 43.3 Å². The lowest BCUT2D eigenvalue weighted by atomic mass is 9.81. The van der Waals surface area contributed by atoms with Crippen LogP contribution in [0.2, 0.25) is 0 Å². The Morgan fingerprint density at radius 1 is 0.729 bits per heavy atom. The minimum absolute atomic E-state index is 0.200. The maximum absolute atomic E-state index is 4.89. The van der Waals surface area contributed by atoms with Gasteiger partial charge in [-0.1, -0.05) is 68.5 Å². The summed E-state index contributed by atoms with van der Waals surface area (Å²) in [6.07, 6.45) is 6.05. The van der Waals surface area contributed by atoms with E-state index in [1.54, 1.807) is 0 Å².